The molecule has 0 saturated heterocycles. The number of ether oxygens (including phenoxy) is 4. The van der Waals surface area contributed by atoms with Gasteiger partial charge in [0.05, 0.1) is 11.1 Å². The third-order valence-corrected chi connectivity index (χ3v) is 12.8. The largest absolute Gasteiger partial charge is 0.462 e. The molecule has 81 heavy (non-hydrogen) atoms. The highest BCUT2D eigenvalue weighted by molar-refractivity contribution is 6.06. The third kappa shape index (κ3) is 14.1. The SMILES string of the molecule is N#CC(C(=O)OCC(COC(=O)C=Cc1cccc(-c2ccccc2)c1C#N)(COC(=O)C=Cc1cccc(-c2ccccc2)c1C#N)COC(=O)C(C#N)=C(c1ccccc1)c1ccccc1)=C(c1ccccc1)c1ccccc1. The Kier molecular flexibility index (Phi) is 19.0. The minimum atomic E-state index is -1.96. The van der Waals surface area contributed by atoms with E-state index in [1.807, 2.05) is 72.8 Å². The Morgan fingerprint density at radius 1 is 0.370 bits per heavy atom. The summed E-state index contributed by atoms with van der Waals surface area (Å²) in [4.78, 5) is 56.9. The van der Waals surface area contributed by atoms with Gasteiger partial charge in [0.15, 0.2) is 0 Å². The highest BCUT2D eigenvalue weighted by Gasteiger charge is 2.39. The number of hydrogen-bond donors (Lipinski definition) is 0. The lowest BCUT2D eigenvalue weighted by Crippen LogP contribution is -2.44. The van der Waals surface area contributed by atoms with E-state index >= 15 is 0 Å². The molecule has 0 aliphatic carbocycles. The van der Waals surface area contributed by atoms with Crippen molar-refractivity contribution >= 4 is 47.2 Å². The second-order valence-electron chi connectivity index (χ2n) is 18.2. The van der Waals surface area contributed by atoms with Gasteiger partial charge in [-0.3, -0.25) is 0 Å². The van der Waals surface area contributed by atoms with Gasteiger partial charge in [-0.2, -0.15) is 21.0 Å². The molecular weight excluding hydrogens is 1010 g/mol. The van der Waals surface area contributed by atoms with E-state index in [-0.39, 0.29) is 22.3 Å². The fourth-order valence-corrected chi connectivity index (χ4v) is 8.81. The molecule has 0 fully saturated rings. The molecule has 0 heterocycles. The van der Waals surface area contributed by atoms with Gasteiger partial charge >= 0.3 is 23.9 Å². The number of nitrogens with zero attached hydrogens (tertiary/aromatic N) is 4. The standard InChI is InChI=1S/C69H48N4O8/c70-41-59-51(33-19-35-57(59)49-21-7-1-8-22-49)37-39-63(74)78-45-69(46-79-64(75)40-38-52-34-20-36-58(60(52)42-71)50-23-9-2-10-24-50,47-80-67(76)61(43-72)65(53-25-11-3-12-26-53)54-27-13-4-14-28-54)48-81-68(77)62(44-73)66(55-29-15-5-16-30-55)56-31-17-6-18-32-56/h1-40H,45-48H2. The zero-order chi connectivity index (χ0) is 56.8. The van der Waals surface area contributed by atoms with Crippen LogP contribution in [0.2, 0.25) is 0 Å². The Morgan fingerprint density at radius 2 is 0.667 bits per heavy atom. The smallest absolute Gasteiger partial charge is 0.349 e. The van der Waals surface area contributed by atoms with E-state index in [9.17, 15) is 40.2 Å². The van der Waals surface area contributed by atoms with E-state index in [1.54, 1.807) is 158 Å². The summed E-state index contributed by atoms with van der Waals surface area (Å²) in [6, 6.07) is 72.2. The second-order valence-corrected chi connectivity index (χ2v) is 18.2. The molecule has 12 heteroatoms. The molecule has 0 amide bonds. The summed E-state index contributed by atoms with van der Waals surface area (Å²) in [6.45, 7) is -3.13. The summed E-state index contributed by atoms with van der Waals surface area (Å²) in [5.41, 5.74) is 3.96. The molecule has 0 aromatic heterocycles. The van der Waals surface area contributed by atoms with Gasteiger partial charge in [-0.25, -0.2) is 19.2 Å². The molecule has 0 spiro atoms. The zero-order valence-corrected chi connectivity index (χ0v) is 43.5. The van der Waals surface area contributed by atoms with E-state index in [4.69, 9.17) is 18.9 Å². The first-order valence-corrected chi connectivity index (χ1v) is 25.4. The molecule has 0 bridgehead atoms. The fourth-order valence-electron chi connectivity index (χ4n) is 8.81. The second kappa shape index (κ2) is 27.6. The summed E-state index contributed by atoms with van der Waals surface area (Å²) in [5.74, 6) is -4.15. The van der Waals surface area contributed by atoms with Crippen molar-refractivity contribution in [1.29, 1.82) is 21.0 Å². The minimum absolute atomic E-state index is 0.244. The van der Waals surface area contributed by atoms with Gasteiger partial charge in [0.1, 0.15) is 67.3 Å². The number of carbonyl (C=O) groups is 4. The topological polar surface area (TPSA) is 200 Å². The lowest BCUT2D eigenvalue weighted by atomic mass is 9.91. The Hall–Kier alpha value is -11.4. The average Bonchev–Trinajstić information content (AvgIpc) is 3.53. The Labute approximate surface area is 468 Å². The van der Waals surface area contributed by atoms with Crippen LogP contribution in [0.5, 0.6) is 0 Å². The van der Waals surface area contributed by atoms with Gasteiger partial charge in [-0.1, -0.05) is 218 Å². The Balaban J connectivity index is 1.19. The van der Waals surface area contributed by atoms with Crippen LogP contribution in [0.3, 0.4) is 0 Å². The van der Waals surface area contributed by atoms with Crippen LogP contribution in [0.25, 0.3) is 45.6 Å². The molecular formula is C69H48N4O8. The molecule has 0 saturated carbocycles. The van der Waals surface area contributed by atoms with E-state index < -0.39 is 66.9 Å². The van der Waals surface area contributed by atoms with Crippen LogP contribution in [0.4, 0.5) is 0 Å². The molecule has 8 rings (SSSR count). The van der Waals surface area contributed by atoms with Crippen molar-refractivity contribution in [2.75, 3.05) is 26.4 Å². The van der Waals surface area contributed by atoms with Crippen molar-refractivity contribution in [2.24, 2.45) is 5.41 Å². The highest BCUT2D eigenvalue weighted by atomic mass is 16.6. The number of nitriles is 4. The molecule has 0 radical (unpaired) electrons. The molecule has 392 valence electrons. The van der Waals surface area contributed by atoms with Gasteiger partial charge in [0, 0.05) is 34.4 Å². The quantitative estimate of drug-likeness (QED) is 0.0303. The predicted octanol–water partition coefficient (Wildman–Crippen LogP) is 12.7. The molecule has 8 aromatic carbocycles. The lowest BCUT2D eigenvalue weighted by molar-refractivity contribution is -0.164. The van der Waals surface area contributed by atoms with Gasteiger partial charge in [-0.05, 0) is 56.7 Å². The van der Waals surface area contributed by atoms with Crippen molar-refractivity contribution in [1.82, 2.24) is 0 Å². The van der Waals surface area contributed by atoms with Gasteiger partial charge < -0.3 is 18.9 Å². The van der Waals surface area contributed by atoms with Crippen molar-refractivity contribution < 1.29 is 38.1 Å². The number of carbonyl (C=O) groups excluding carboxylic acids is 4. The molecule has 12 nitrogen and oxygen atoms in total. The van der Waals surface area contributed by atoms with Crippen LogP contribution < -0.4 is 0 Å². The van der Waals surface area contributed by atoms with Crippen LogP contribution in [-0.2, 0) is 38.1 Å². The van der Waals surface area contributed by atoms with Crippen molar-refractivity contribution in [3.8, 4) is 46.5 Å². The number of benzene rings is 8. The molecule has 8 aromatic rings. The fraction of sp³-hybridized carbons (Fsp3) is 0.0725. The molecule has 0 atom stereocenters. The van der Waals surface area contributed by atoms with Crippen molar-refractivity contribution in [2.45, 2.75) is 0 Å². The summed E-state index contributed by atoms with van der Waals surface area (Å²) in [5, 5.41) is 42.0. The summed E-state index contributed by atoms with van der Waals surface area (Å²) in [6.07, 6.45) is 4.98. The molecule has 0 N–H and O–H groups in total. The van der Waals surface area contributed by atoms with E-state index in [2.05, 4.69) is 12.1 Å². The van der Waals surface area contributed by atoms with E-state index in [0.717, 1.165) is 23.3 Å². The van der Waals surface area contributed by atoms with Crippen LogP contribution in [0.1, 0.15) is 44.5 Å². The van der Waals surface area contributed by atoms with E-state index in [0.29, 0.717) is 44.5 Å². The maximum absolute atomic E-state index is 14.5. The van der Waals surface area contributed by atoms with Gasteiger partial charge in [-0.15, -0.1) is 0 Å². The maximum Gasteiger partial charge on any atom is 0.349 e. The number of rotatable bonds is 20. The minimum Gasteiger partial charge on any atom is -0.462 e. The normalized spacial score (nSPS) is 10.7. The van der Waals surface area contributed by atoms with Crippen LogP contribution in [-0.4, -0.2) is 50.3 Å². The first kappa shape index (κ1) is 55.8. The highest BCUT2D eigenvalue weighted by Crippen LogP contribution is 2.33. The average molecular weight is 1060 g/mol. The van der Waals surface area contributed by atoms with Crippen molar-refractivity contribution in [3.63, 3.8) is 0 Å². The lowest BCUT2D eigenvalue weighted by Gasteiger charge is -2.31. The summed E-state index contributed by atoms with van der Waals surface area (Å²) < 4.78 is 23.8. The van der Waals surface area contributed by atoms with Crippen molar-refractivity contribution in [3.05, 3.63) is 286 Å². The third-order valence-electron chi connectivity index (χ3n) is 12.8. The number of esters is 4. The molecule has 0 aliphatic rings. The van der Waals surface area contributed by atoms with Crippen LogP contribution in [0, 0.1) is 50.7 Å². The number of hydrogen-bond acceptors (Lipinski definition) is 12. The van der Waals surface area contributed by atoms with Gasteiger partial charge in [0.2, 0.25) is 0 Å². The summed E-state index contributed by atoms with van der Waals surface area (Å²) >= 11 is 0. The zero-order valence-electron chi connectivity index (χ0n) is 43.5. The first-order chi connectivity index (χ1) is 39.6. The molecule has 0 unspecified atom stereocenters. The Bertz CT molecular complexity index is 3530. The van der Waals surface area contributed by atoms with E-state index in [1.165, 1.54) is 12.2 Å². The maximum atomic E-state index is 14.5. The van der Waals surface area contributed by atoms with Crippen LogP contribution >= 0.6 is 0 Å². The first-order valence-electron chi connectivity index (χ1n) is 25.4. The molecule has 0 aliphatic heterocycles. The van der Waals surface area contributed by atoms with Gasteiger partial charge in [0.25, 0.3) is 0 Å². The predicted molar refractivity (Wildman–Crippen MR) is 307 cm³/mol. The monoisotopic (exact) mass is 1060 g/mol. The van der Waals surface area contributed by atoms with Crippen LogP contribution in [0.15, 0.2) is 242 Å². The summed E-state index contributed by atoms with van der Waals surface area (Å²) in [7, 11) is 0. The Morgan fingerprint density at radius 3 is 0.963 bits per heavy atom.